The lowest BCUT2D eigenvalue weighted by Gasteiger charge is -2.16. The fourth-order valence-electron chi connectivity index (χ4n) is 2.63. The van der Waals surface area contributed by atoms with Crippen molar-refractivity contribution in [1.82, 2.24) is 4.90 Å². The van der Waals surface area contributed by atoms with Crippen LogP contribution in [0.4, 0.5) is 5.69 Å². The van der Waals surface area contributed by atoms with Crippen molar-refractivity contribution in [3.63, 3.8) is 0 Å². The van der Waals surface area contributed by atoms with Gasteiger partial charge in [0.25, 0.3) is 0 Å². The van der Waals surface area contributed by atoms with Crippen LogP contribution in [0, 0.1) is 6.92 Å². The van der Waals surface area contributed by atoms with Crippen molar-refractivity contribution in [3.05, 3.63) is 53.7 Å². The van der Waals surface area contributed by atoms with Gasteiger partial charge in [-0.15, -0.1) is 0 Å². The highest BCUT2D eigenvalue weighted by Crippen LogP contribution is 2.28. The number of methoxy groups -OCH3 is 2. The fraction of sp³-hybridized carbons (Fsp3) is 0.333. The van der Waals surface area contributed by atoms with E-state index >= 15 is 0 Å². The highest BCUT2D eigenvalue weighted by molar-refractivity contribution is 7.92. The van der Waals surface area contributed by atoms with Gasteiger partial charge in [-0.25, -0.2) is 8.42 Å². The first-order chi connectivity index (χ1) is 13.7. The molecule has 2 aromatic carbocycles. The monoisotopic (exact) mass is 420 g/mol. The molecule has 0 radical (unpaired) electrons. The molecule has 0 atom stereocenters. The van der Waals surface area contributed by atoms with Gasteiger partial charge >= 0.3 is 0 Å². The second-order valence-electron chi connectivity index (χ2n) is 6.61. The molecule has 0 fully saturated rings. The van der Waals surface area contributed by atoms with E-state index in [2.05, 4.69) is 4.72 Å². The Labute approximate surface area is 172 Å². The SMILES string of the molecule is COc1ccc(C=CN(C)CCOc2ccc(NS(C)(=O)=O)cc2C)cc1OC. The van der Waals surface area contributed by atoms with E-state index in [9.17, 15) is 8.42 Å². The van der Waals surface area contributed by atoms with Gasteiger partial charge in [0.1, 0.15) is 12.4 Å². The van der Waals surface area contributed by atoms with Crippen LogP contribution in [0.25, 0.3) is 6.08 Å². The molecule has 0 unspecified atom stereocenters. The molecule has 0 saturated heterocycles. The Morgan fingerprint density at radius 3 is 2.34 bits per heavy atom. The fourth-order valence-corrected chi connectivity index (χ4v) is 3.19. The van der Waals surface area contributed by atoms with Crippen LogP contribution in [0.5, 0.6) is 17.2 Å². The lowest BCUT2D eigenvalue weighted by Crippen LogP contribution is -2.19. The first-order valence-corrected chi connectivity index (χ1v) is 10.9. The molecule has 0 spiro atoms. The average Bonchev–Trinajstić information content (AvgIpc) is 2.66. The summed E-state index contributed by atoms with van der Waals surface area (Å²) in [6.45, 7) is 3.06. The highest BCUT2D eigenvalue weighted by atomic mass is 32.2. The summed E-state index contributed by atoms with van der Waals surface area (Å²) in [6, 6.07) is 10.9. The van der Waals surface area contributed by atoms with Crippen LogP contribution in [-0.2, 0) is 10.0 Å². The number of rotatable bonds is 10. The number of nitrogens with zero attached hydrogens (tertiary/aromatic N) is 1. The first kappa shape index (κ1) is 22.4. The third-order valence-electron chi connectivity index (χ3n) is 4.11. The van der Waals surface area contributed by atoms with Gasteiger partial charge in [-0.05, 0) is 60.7 Å². The maximum absolute atomic E-state index is 11.3. The molecule has 8 heteroatoms. The Balaban J connectivity index is 1.88. The van der Waals surface area contributed by atoms with Crippen molar-refractivity contribution >= 4 is 21.8 Å². The van der Waals surface area contributed by atoms with Gasteiger partial charge in [0.2, 0.25) is 10.0 Å². The molecular formula is C21H28N2O5S. The van der Waals surface area contributed by atoms with Gasteiger partial charge < -0.3 is 19.1 Å². The van der Waals surface area contributed by atoms with Crippen LogP contribution < -0.4 is 18.9 Å². The molecule has 158 valence electrons. The third kappa shape index (κ3) is 7.23. The van der Waals surface area contributed by atoms with Crippen molar-refractivity contribution in [2.24, 2.45) is 0 Å². The molecule has 0 aliphatic carbocycles. The van der Waals surface area contributed by atoms with E-state index in [1.54, 1.807) is 32.4 Å². The number of aryl methyl sites for hydroxylation is 1. The molecule has 0 saturated carbocycles. The summed E-state index contributed by atoms with van der Waals surface area (Å²) in [4.78, 5) is 2.02. The molecule has 1 N–H and O–H groups in total. The summed E-state index contributed by atoms with van der Waals surface area (Å²) in [5.41, 5.74) is 2.38. The zero-order valence-corrected chi connectivity index (χ0v) is 18.2. The zero-order chi connectivity index (χ0) is 21.4. The van der Waals surface area contributed by atoms with Crippen molar-refractivity contribution in [2.45, 2.75) is 6.92 Å². The van der Waals surface area contributed by atoms with Crippen molar-refractivity contribution in [2.75, 3.05) is 45.4 Å². The lowest BCUT2D eigenvalue weighted by molar-refractivity contribution is 0.273. The minimum atomic E-state index is -3.29. The molecule has 0 bridgehead atoms. The topological polar surface area (TPSA) is 77.1 Å². The van der Waals surface area contributed by atoms with Crippen LogP contribution in [0.2, 0.25) is 0 Å². The summed E-state index contributed by atoms with van der Waals surface area (Å²) in [7, 11) is 1.89. The van der Waals surface area contributed by atoms with Crippen LogP contribution in [0.1, 0.15) is 11.1 Å². The van der Waals surface area contributed by atoms with E-state index in [1.807, 2.05) is 49.3 Å². The van der Waals surface area contributed by atoms with Gasteiger partial charge in [-0.3, -0.25) is 4.72 Å². The molecule has 0 aliphatic rings. The lowest BCUT2D eigenvalue weighted by atomic mass is 10.2. The quantitative estimate of drug-likeness (QED) is 0.635. The van der Waals surface area contributed by atoms with Crippen LogP contribution in [0.15, 0.2) is 42.6 Å². The Hall–Kier alpha value is -2.87. The predicted molar refractivity (Wildman–Crippen MR) is 116 cm³/mol. The molecular weight excluding hydrogens is 392 g/mol. The summed E-state index contributed by atoms with van der Waals surface area (Å²) in [5, 5.41) is 0. The first-order valence-electron chi connectivity index (χ1n) is 9.03. The Morgan fingerprint density at radius 2 is 1.72 bits per heavy atom. The van der Waals surface area contributed by atoms with Gasteiger partial charge in [0.05, 0.1) is 27.0 Å². The standard InChI is InChI=1S/C21H28N2O5S/c1-16-14-18(22-29(5,24)25)7-9-19(16)28-13-12-23(2)11-10-17-6-8-20(26-3)21(15-17)27-4/h6-11,14-15,22H,12-13H2,1-5H3. The smallest absolute Gasteiger partial charge is 0.229 e. The summed E-state index contributed by atoms with van der Waals surface area (Å²) >= 11 is 0. The summed E-state index contributed by atoms with van der Waals surface area (Å²) in [6.07, 6.45) is 5.08. The molecule has 0 heterocycles. The van der Waals surface area contributed by atoms with E-state index in [-0.39, 0.29) is 0 Å². The second-order valence-corrected chi connectivity index (χ2v) is 8.36. The number of ether oxygens (including phenoxy) is 3. The van der Waals surface area contributed by atoms with Gasteiger partial charge in [0, 0.05) is 12.7 Å². The van der Waals surface area contributed by atoms with Crippen LogP contribution >= 0.6 is 0 Å². The number of likely N-dealkylation sites (N-methyl/N-ethyl adjacent to an activating group) is 1. The second kappa shape index (κ2) is 10.1. The van der Waals surface area contributed by atoms with Crippen molar-refractivity contribution < 1.29 is 22.6 Å². The molecule has 2 rings (SSSR count). The molecule has 29 heavy (non-hydrogen) atoms. The molecule has 2 aromatic rings. The van der Waals surface area contributed by atoms with Crippen molar-refractivity contribution in [3.8, 4) is 17.2 Å². The van der Waals surface area contributed by atoms with Gasteiger partial charge in [-0.1, -0.05) is 6.07 Å². The number of anilines is 1. The van der Waals surface area contributed by atoms with Crippen LogP contribution in [-0.4, -0.2) is 54.0 Å². The van der Waals surface area contributed by atoms with E-state index in [0.717, 1.165) is 23.1 Å². The highest BCUT2D eigenvalue weighted by Gasteiger charge is 2.06. The predicted octanol–water partition coefficient (Wildman–Crippen LogP) is 3.37. The minimum absolute atomic E-state index is 0.493. The largest absolute Gasteiger partial charge is 0.493 e. The van der Waals surface area contributed by atoms with E-state index in [1.165, 1.54) is 0 Å². The molecule has 0 aromatic heterocycles. The van der Waals surface area contributed by atoms with E-state index in [0.29, 0.717) is 30.3 Å². The summed E-state index contributed by atoms with van der Waals surface area (Å²) in [5.74, 6) is 2.10. The normalized spacial score (nSPS) is 11.3. The Bertz CT molecular complexity index is 958. The van der Waals surface area contributed by atoms with Gasteiger partial charge in [-0.2, -0.15) is 0 Å². The van der Waals surface area contributed by atoms with E-state index in [4.69, 9.17) is 14.2 Å². The van der Waals surface area contributed by atoms with Gasteiger partial charge in [0.15, 0.2) is 11.5 Å². The molecule has 0 amide bonds. The Kier molecular flexibility index (Phi) is 7.78. The minimum Gasteiger partial charge on any atom is -0.493 e. The zero-order valence-electron chi connectivity index (χ0n) is 17.4. The maximum Gasteiger partial charge on any atom is 0.229 e. The number of benzene rings is 2. The third-order valence-corrected chi connectivity index (χ3v) is 4.72. The molecule has 7 nitrogen and oxygen atoms in total. The number of nitrogens with one attached hydrogen (secondary N) is 1. The number of hydrogen-bond acceptors (Lipinski definition) is 6. The van der Waals surface area contributed by atoms with E-state index < -0.39 is 10.0 Å². The molecule has 0 aliphatic heterocycles. The number of sulfonamides is 1. The maximum atomic E-state index is 11.3. The van der Waals surface area contributed by atoms with Crippen LogP contribution in [0.3, 0.4) is 0 Å². The average molecular weight is 421 g/mol. The number of hydrogen-bond donors (Lipinski definition) is 1. The Morgan fingerprint density at radius 1 is 1.03 bits per heavy atom. The summed E-state index contributed by atoms with van der Waals surface area (Å²) < 4.78 is 41.4. The van der Waals surface area contributed by atoms with Crippen molar-refractivity contribution in [1.29, 1.82) is 0 Å².